The van der Waals surface area contributed by atoms with Gasteiger partial charge in [0, 0.05) is 30.2 Å². The van der Waals surface area contributed by atoms with Gasteiger partial charge in [0.1, 0.15) is 0 Å². The number of H-pyrrole nitrogens is 1. The van der Waals surface area contributed by atoms with Crippen molar-refractivity contribution in [1.29, 1.82) is 0 Å². The van der Waals surface area contributed by atoms with Gasteiger partial charge in [0.15, 0.2) is 0 Å². The molecular weight excluding hydrogens is 444 g/mol. The van der Waals surface area contributed by atoms with E-state index < -0.39 is 0 Å². The number of aromatic nitrogens is 3. The number of piperidine rings is 1. The van der Waals surface area contributed by atoms with E-state index in [0.717, 1.165) is 22.2 Å². The average molecular weight is 473 g/mol. The average Bonchev–Trinajstić information content (AvgIpc) is 3.22. The molecule has 0 unspecified atom stereocenters. The Hall–Kier alpha value is -3.94. The molecule has 1 fully saturated rings. The number of rotatable bonds is 4. The van der Waals surface area contributed by atoms with Gasteiger partial charge in [-0.05, 0) is 75.1 Å². The largest absolute Gasteiger partial charge is 0.466 e. The van der Waals surface area contributed by atoms with E-state index in [2.05, 4.69) is 10.1 Å². The number of likely N-dealkylation sites (tertiary alicyclic amines) is 1. The normalized spacial score (nSPS) is 14.5. The molecule has 3 heterocycles. The predicted molar refractivity (Wildman–Crippen MR) is 134 cm³/mol. The Morgan fingerprint density at radius 2 is 1.83 bits per heavy atom. The van der Waals surface area contributed by atoms with Crippen LogP contribution in [0.25, 0.3) is 27.5 Å². The quantitative estimate of drug-likeness (QED) is 0.455. The number of benzene rings is 2. The van der Waals surface area contributed by atoms with Gasteiger partial charge in [0.05, 0.1) is 34.6 Å². The first-order valence-electron chi connectivity index (χ1n) is 11.9. The molecule has 2 aromatic carbocycles. The number of amides is 1. The van der Waals surface area contributed by atoms with Gasteiger partial charge in [-0.15, -0.1) is 0 Å². The Labute approximate surface area is 202 Å². The lowest BCUT2D eigenvalue weighted by Gasteiger charge is -2.31. The number of pyridine rings is 1. The number of aromatic amines is 1. The van der Waals surface area contributed by atoms with Crippen LogP contribution in [-0.2, 0) is 9.53 Å². The number of fused-ring (bicyclic) bond motifs is 3. The molecule has 0 saturated carbocycles. The van der Waals surface area contributed by atoms with Crippen molar-refractivity contribution >= 4 is 33.7 Å². The maximum Gasteiger partial charge on any atom is 0.309 e. The summed E-state index contributed by atoms with van der Waals surface area (Å²) in [5.74, 6) is -0.437. The molecule has 0 aliphatic carbocycles. The van der Waals surface area contributed by atoms with Crippen LogP contribution in [0.15, 0.2) is 47.4 Å². The maximum absolute atomic E-state index is 13.3. The summed E-state index contributed by atoms with van der Waals surface area (Å²) in [5.41, 5.74) is 4.68. The van der Waals surface area contributed by atoms with Crippen LogP contribution in [0.4, 0.5) is 0 Å². The van der Waals surface area contributed by atoms with E-state index in [9.17, 15) is 14.4 Å². The van der Waals surface area contributed by atoms with Crippen molar-refractivity contribution < 1.29 is 14.3 Å². The van der Waals surface area contributed by atoms with Gasteiger partial charge >= 0.3 is 5.97 Å². The summed E-state index contributed by atoms with van der Waals surface area (Å²) in [4.78, 5) is 44.7. The van der Waals surface area contributed by atoms with Gasteiger partial charge in [0.2, 0.25) is 0 Å². The first kappa shape index (κ1) is 22.8. The Bertz CT molecular complexity index is 1510. The van der Waals surface area contributed by atoms with Crippen molar-refractivity contribution in [2.45, 2.75) is 33.6 Å². The molecule has 0 bridgehead atoms. The zero-order chi connectivity index (χ0) is 24.7. The number of ether oxygens (including phenoxy) is 1. The van der Waals surface area contributed by atoms with Crippen LogP contribution in [-0.4, -0.2) is 51.2 Å². The second-order valence-electron chi connectivity index (χ2n) is 9.12. The van der Waals surface area contributed by atoms with E-state index in [-0.39, 0.29) is 23.4 Å². The highest BCUT2D eigenvalue weighted by Gasteiger charge is 2.29. The highest BCUT2D eigenvalue weighted by molar-refractivity contribution is 6.06. The Kier molecular flexibility index (Phi) is 5.88. The Balaban J connectivity index is 1.48. The van der Waals surface area contributed by atoms with E-state index in [4.69, 9.17) is 4.74 Å². The highest BCUT2D eigenvalue weighted by Crippen LogP contribution is 2.25. The van der Waals surface area contributed by atoms with Gasteiger partial charge in [-0.25, -0.2) is 4.68 Å². The summed E-state index contributed by atoms with van der Waals surface area (Å²) in [5, 5.41) is 4.42. The van der Waals surface area contributed by atoms with Crippen LogP contribution in [0.3, 0.4) is 0 Å². The van der Waals surface area contributed by atoms with Crippen molar-refractivity contribution in [3.05, 3.63) is 69.6 Å². The molecule has 1 amide bonds. The number of carbonyl (C=O) groups is 2. The number of hydrogen-bond acceptors (Lipinski definition) is 5. The zero-order valence-electron chi connectivity index (χ0n) is 20.1. The fraction of sp³-hybridized carbons (Fsp3) is 0.333. The minimum Gasteiger partial charge on any atom is -0.466 e. The standard InChI is InChI=1S/C27H28N4O4/c1-4-35-27(34)18-9-11-30(12-10-18)25(32)19-6-8-23-21(14-19)24-22(15-28-23)26(33)31(29-24)20-7-5-16(2)17(3)13-20/h5-8,13-15,18,29H,4,9-12H2,1-3H3. The van der Waals surface area contributed by atoms with Crippen LogP contribution in [0.5, 0.6) is 0 Å². The Morgan fingerprint density at radius 3 is 2.54 bits per heavy atom. The molecule has 1 N–H and O–H groups in total. The van der Waals surface area contributed by atoms with Gasteiger partial charge in [-0.2, -0.15) is 0 Å². The summed E-state index contributed by atoms with van der Waals surface area (Å²) < 4.78 is 6.65. The predicted octanol–water partition coefficient (Wildman–Crippen LogP) is 3.90. The third-order valence-electron chi connectivity index (χ3n) is 6.92. The molecule has 4 aromatic rings. The lowest BCUT2D eigenvalue weighted by molar-refractivity contribution is -0.149. The smallest absolute Gasteiger partial charge is 0.309 e. The first-order chi connectivity index (χ1) is 16.9. The fourth-order valence-corrected chi connectivity index (χ4v) is 4.70. The third kappa shape index (κ3) is 4.09. The number of hydrogen-bond donors (Lipinski definition) is 1. The lowest BCUT2D eigenvalue weighted by Crippen LogP contribution is -2.40. The van der Waals surface area contributed by atoms with E-state index in [0.29, 0.717) is 54.5 Å². The number of esters is 1. The van der Waals surface area contributed by atoms with Crippen LogP contribution in [0.2, 0.25) is 0 Å². The molecule has 180 valence electrons. The molecule has 2 aromatic heterocycles. The topological polar surface area (TPSA) is 97.3 Å². The minimum atomic E-state index is -0.185. The second-order valence-corrected chi connectivity index (χ2v) is 9.12. The molecule has 8 nitrogen and oxygen atoms in total. The van der Waals surface area contributed by atoms with Gasteiger partial charge in [0.25, 0.3) is 11.5 Å². The molecule has 1 aliphatic rings. The van der Waals surface area contributed by atoms with E-state index >= 15 is 0 Å². The molecule has 0 atom stereocenters. The van der Waals surface area contributed by atoms with Crippen LogP contribution in [0, 0.1) is 19.8 Å². The van der Waals surface area contributed by atoms with E-state index in [1.165, 1.54) is 4.68 Å². The monoisotopic (exact) mass is 472 g/mol. The molecule has 0 radical (unpaired) electrons. The first-order valence-corrected chi connectivity index (χ1v) is 11.9. The lowest BCUT2D eigenvalue weighted by atomic mass is 9.96. The molecular formula is C27H28N4O4. The summed E-state index contributed by atoms with van der Waals surface area (Å²) in [6, 6.07) is 11.2. The Morgan fingerprint density at radius 1 is 1.06 bits per heavy atom. The number of carbonyl (C=O) groups excluding carboxylic acids is 2. The summed E-state index contributed by atoms with van der Waals surface area (Å²) in [6.45, 7) is 7.21. The SMILES string of the molecule is CCOC(=O)C1CCN(C(=O)c2ccc3ncc4c(=O)n(-c5ccc(C)c(C)c5)[nH]c4c3c2)CC1. The van der Waals surface area contributed by atoms with Crippen LogP contribution >= 0.6 is 0 Å². The van der Waals surface area contributed by atoms with Gasteiger partial charge in [-0.1, -0.05) is 6.07 Å². The van der Waals surface area contributed by atoms with Gasteiger partial charge < -0.3 is 9.64 Å². The zero-order valence-corrected chi connectivity index (χ0v) is 20.1. The van der Waals surface area contributed by atoms with Crippen molar-refractivity contribution in [3.63, 3.8) is 0 Å². The molecule has 8 heteroatoms. The van der Waals surface area contributed by atoms with Crippen molar-refractivity contribution in [1.82, 2.24) is 19.7 Å². The van der Waals surface area contributed by atoms with Crippen molar-refractivity contribution in [2.75, 3.05) is 19.7 Å². The van der Waals surface area contributed by atoms with Crippen molar-refractivity contribution in [2.24, 2.45) is 5.92 Å². The van der Waals surface area contributed by atoms with Gasteiger partial charge in [-0.3, -0.25) is 24.5 Å². The summed E-state index contributed by atoms with van der Waals surface area (Å²) >= 11 is 0. The van der Waals surface area contributed by atoms with Crippen LogP contribution < -0.4 is 5.56 Å². The number of nitrogens with one attached hydrogen (secondary N) is 1. The highest BCUT2D eigenvalue weighted by atomic mass is 16.5. The van der Waals surface area contributed by atoms with E-state index in [1.54, 1.807) is 36.2 Å². The molecule has 1 aliphatic heterocycles. The maximum atomic E-state index is 13.3. The number of nitrogens with zero attached hydrogens (tertiary/aromatic N) is 3. The summed E-state index contributed by atoms with van der Waals surface area (Å²) in [6.07, 6.45) is 2.77. The van der Waals surface area contributed by atoms with Crippen LogP contribution in [0.1, 0.15) is 41.3 Å². The molecule has 1 saturated heterocycles. The molecule has 5 rings (SSSR count). The fourth-order valence-electron chi connectivity index (χ4n) is 4.70. The molecule has 35 heavy (non-hydrogen) atoms. The molecule has 0 spiro atoms. The number of aryl methyl sites for hydroxylation is 2. The second kappa shape index (κ2) is 9.02. The minimum absolute atomic E-state index is 0.0952. The summed E-state index contributed by atoms with van der Waals surface area (Å²) in [7, 11) is 0. The third-order valence-corrected chi connectivity index (χ3v) is 6.92. The van der Waals surface area contributed by atoms with Crippen molar-refractivity contribution in [3.8, 4) is 5.69 Å². The van der Waals surface area contributed by atoms with E-state index in [1.807, 2.05) is 32.0 Å².